The summed E-state index contributed by atoms with van der Waals surface area (Å²) in [6.45, 7) is 4.61. The second-order valence-electron chi connectivity index (χ2n) is 8.37. The Morgan fingerprint density at radius 1 is 0.762 bits per heavy atom. The Hall–Kier alpha value is -0.0800. The Bertz CT molecular complexity index is 359. The van der Waals surface area contributed by atoms with E-state index in [0.29, 0.717) is 23.4 Å². The van der Waals surface area contributed by atoms with Crippen molar-refractivity contribution in [1.82, 2.24) is 0 Å². The highest BCUT2D eigenvalue weighted by molar-refractivity contribution is 5.09. The topological polar surface area (TPSA) is 25.1 Å². The van der Waals surface area contributed by atoms with Gasteiger partial charge in [0, 0.05) is 0 Å². The van der Waals surface area contributed by atoms with E-state index in [2.05, 4.69) is 13.8 Å². The van der Waals surface area contributed by atoms with Gasteiger partial charge in [-0.25, -0.2) is 0 Å². The van der Waals surface area contributed by atoms with Crippen LogP contribution < -0.4 is 0 Å². The molecule has 4 rings (SSSR count). The number of epoxide rings is 2. The van der Waals surface area contributed by atoms with E-state index >= 15 is 0 Å². The Kier molecular flexibility index (Phi) is 3.61. The van der Waals surface area contributed by atoms with Crippen molar-refractivity contribution >= 4 is 0 Å². The second-order valence-corrected chi connectivity index (χ2v) is 8.37. The highest BCUT2D eigenvalue weighted by Gasteiger charge is 2.60. The van der Waals surface area contributed by atoms with Crippen LogP contribution in [0.2, 0.25) is 0 Å². The van der Waals surface area contributed by atoms with Gasteiger partial charge in [0.05, 0.1) is 23.4 Å². The van der Waals surface area contributed by atoms with Crippen LogP contribution in [-0.4, -0.2) is 23.4 Å². The Morgan fingerprint density at radius 2 is 1.24 bits per heavy atom. The lowest BCUT2D eigenvalue weighted by molar-refractivity contribution is 0.184. The van der Waals surface area contributed by atoms with Gasteiger partial charge < -0.3 is 9.47 Å². The molecule has 0 spiro atoms. The van der Waals surface area contributed by atoms with E-state index in [1.165, 1.54) is 70.6 Å². The fraction of sp³-hybridized carbons (Fsp3) is 1.00. The van der Waals surface area contributed by atoms with Crippen LogP contribution in [0.25, 0.3) is 0 Å². The quantitative estimate of drug-likeness (QED) is 0.654. The van der Waals surface area contributed by atoms with Crippen LogP contribution in [0, 0.1) is 11.8 Å². The summed E-state index contributed by atoms with van der Waals surface area (Å²) >= 11 is 0. The third-order valence-electron chi connectivity index (χ3n) is 6.77. The molecule has 2 aliphatic carbocycles. The zero-order valence-electron chi connectivity index (χ0n) is 13.9. The lowest BCUT2D eigenvalue weighted by atomic mass is 9.71. The van der Waals surface area contributed by atoms with Crippen LogP contribution in [0.4, 0.5) is 0 Å². The minimum absolute atomic E-state index is 0.325. The fourth-order valence-corrected chi connectivity index (χ4v) is 5.82. The van der Waals surface area contributed by atoms with E-state index in [1.54, 1.807) is 0 Å². The summed E-state index contributed by atoms with van der Waals surface area (Å²) in [5.74, 6) is 1.85. The standard InChI is InChI=1S/C19H32O2/c1-3-9-18-12-14(5-7-16(18)20-18)11-15-6-8-17-19(13-15,21-17)10-4-2/h14-17H,3-13H2,1-2H3. The van der Waals surface area contributed by atoms with Crippen molar-refractivity contribution in [2.75, 3.05) is 0 Å². The maximum Gasteiger partial charge on any atom is 0.0950 e. The summed E-state index contributed by atoms with van der Waals surface area (Å²) in [5.41, 5.74) is 0.651. The van der Waals surface area contributed by atoms with Crippen LogP contribution in [0.15, 0.2) is 0 Å². The van der Waals surface area contributed by atoms with Crippen molar-refractivity contribution in [2.24, 2.45) is 11.8 Å². The molecule has 0 amide bonds. The molecule has 2 saturated carbocycles. The fourth-order valence-electron chi connectivity index (χ4n) is 5.82. The van der Waals surface area contributed by atoms with E-state index in [-0.39, 0.29) is 0 Å². The molecule has 0 aromatic rings. The Labute approximate surface area is 130 Å². The summed E-state index contributed by atoms with van der Waals surface area (Å²) in [7, 11) is 0. The monoisotopic (exact) mass is 292 g/mol. The molecule has 2 heteroatoms. The van der Waals surface area contributed by atoms with E-state index < -0.39 is 0 Å². The minimum Gasteiger partial charge on any atom is -0.366 e. The largest absolute Gasteiger partial charge is 0.366 e. The third kappa shape index (κ3) is 2.57. The number of rotatable bonds is 6. The summed E-state index contributed by atoms with van der Waals surface area (Å²) < 4.78 is 12.2. The predicted octanol–water partition coefficient (Wildman–Crippen LogP) is 4.85. The van der Waals surface area contributed by atoms with Gasteiger partial charge >= 0.3 is 0 Å². The van der Waals surface area contributed by atoms with Gasteiger partial charge in [-0.15, -0.1) is 0 Å². The molecule has 2 nitrogen and oxygen atoms in total. The van der Waals surface area contributed by atoms with Crippen molar-refractivity contribution in [1.29, 1.82) is 0 Å². The first kappa shape index (κ1) is 14.5. The molecule has 0 bridgehead atoms. The van der Waals surface area contributed by atoms with Crippen molar-refractivity contribution in [3.63, 3.8) is 0 Å². The van der Waals surface area contributed by atoms with Gasteiger partial charge in [0.1, 0.15) is 0 Å². The molecule has 0 N–H and O–H groups in total. The lowest BCUT2D eigenvalue weighted by Gasteiger charge is -2.32. The lowest BCUT2D eigenvalue weighted by Crippen LogP contribution is -2.30. The molecule has 4 fully saturated rings. The molecule has 6 unspecified atom stereocenters. The summed E-state index contributed by atoms with van der Waals surface area (Å²) in [5, 5.41) is 0. The van der Waals surface area contributed by atoms with Gasteiger partial charge in [-0.05, 0) is 69.6 Å². The third-order valence-corrected chi connectivity index (χ3v) is 6.77. The van der Waals surface area contributed by atoms with Gasteiger partial charge in [-0.2, -0.15) is 0 Å². The molecule has 0 aromatic carbocycles. The first-order chi connectivity index (χ1) is 10.2. The molecular formula is C19H32O2. The van der Waals surface area contributed by atoms with Crippen molar-refractivity contribution in [3.05, 3.63) is 0 Å². The summed E-state index contributed by atoms with van der Waals surface area (Å²) in [4.78, 5) is 0. The molecule has 0 aromatic heterocycles. The van der Waals surface area contributed by atoms with Gasteiger partial charge in [-0.3, -0.25) is 0 Å². The molecule has 120 valence electrons. The van der Waals surface area contributed by atoms with Gasteiger partial charge in [0.2, 0.25) is 0 Å². The first-order valence-electron chi connectivity index (χ1n) is 9.55. The molecule has 21 heavy (non-hydrogen) atoms. The van der Waals surface area contributed by atoms with Gasteiger partial charge in [0.25, 0.3) is 0 Å². The molecule has 2 aliphatic heterocycles. The maximum absolute atomic E-state index is 6.09. The highest BCUT2D eigenvalue weighted by atomic mass is 16.6. The molecule has 2 saturated heterocycles. The number of hydrogen-bond donors (Lipinski definition) is 0. The van der Waals surface area contributed by atoms with Crippen LogP contribution in [0.1, 0.15) is 84.5 Å². The van der Waals surface area contributed by atoms with E-state index in [9.17, 15) is 0 Å². The smallest absolute Gasteiger partial charge is 0.0950 e. The molecule has 4 aliphatic rings. The number of fused-ring (bicyclic) bond motifs is 2. The second kappa shape index (κ2) is 5.23. The van der Waals surface area contributed by atoms with Crippen molar-refractivity contribution < 1.29 is 9.47 Å². The summed E-state index contributed by atoms with van der Waals surface area (Å²) in [6, 6.07) is 0. The average molecular weight is 292 g/mol. The molecular weight excluding hydrogens is 260 g/mol. The molecule has 6 atom stereocenters. The van der Waals surface area contributed by atoms with Crippen LogP contribution in [-0.2, 0) is 9.47 Å². The Balaban J connectivity index is 1.32. The summed E-state index contributed by atoms with van der Waals surface area (Å²) in [6.07, 6.45) is 16.0. The maximum atomic E-state index is 6.09. The average Bonchev–Trinajstić information content (AvgIpc) is 3.32. The van der Waals surface area contributed by atoms with Gasteiger partial charge in [0.15, 0.2) is 0 Å². The normalized spacial score (nSPS) is 51.1. The van der Waals surface area contributed by atoms with E-state index in [4.69, 9.17) is 9.47 Å². The zero-order chi connectivity index (χ0) is 14.5. The minimum atomic E-state index is 0.325. The predicted molar refractivity (Wildman–Crippen MR) is 84.3 cm³/mol. The zero-order valence-corrected chi connectivity index (χ0v) is 13.9. The van der Waals surface area contributed by atoms with Crippen LogP contribution >= 0.6 is 0 Å². The van der Waals surface area contributed by atoms with Crippen LogP contribution in [0.3, 0.4) is 0 Å². The Morgan fingerprint density at radius 3 is 1.67 bits per heavy atom. The first-order valence-corrected chi connectivity index (χ1v) is 9.55. The number of hydrogen-bond acceptors (Lipinski definition) is 2. The van der Waals surface area contributed by atoms with E-state index in [0.717, 1.165) is 11.8 Å². The number of ether oxygens (including phenoxy) is 2. The van der Waals surface area contributed by atoms with Gasteiger partial charge in [-0.1, -0.05) is 26.7 Å². The highest BCUT2D eigenvalue weighted by Crippen LogP contribution is 2.57. The molecule has 0 radical (unpaired) electrons. The van der Waals surface area contributed by atoms with E-state index in [1.807, 2.05) is 0 Å². The SMILES string of the molecule is CCCC12CC(CC3CCC4OC4(CCC)C3)CCC1O2. The van der Waals surface area contributed by atoms with Crippen molar-refractivity contribution in [2.45, 2.75) is 108 Å². The van der Waals surface area contributed by atoms with Crippen LogP contribution in [0.5, 0.6) is 0 Å². The van der Waals surface area contributed by atoms with Crippen molar-refractivity contribution in [3.8, 4) is 0 Å². The molecule has 2 heterocycles.